The van der Waals surface area contributed by atoms with Crippen LogP contribution in [0.25, 0.3) is 0 Å². The van der Waals surface area contributed by atoms with E-state index < -0.39 is 17.6 Å². The molecule has 0 fully saturated rings. The molecule has 1 rings (SSSR count). The fourth-order valence-corrected chi connectivity index (χ4v) is 1.85. The zero-order valence-corrected chi connectivity index (χ0v) is 9.96. The Bertz CT molecular complexity index is 385. The van der Waals surface area contributed by atoms with Crippen molar-refractivity contribution in [3.8, 4) is 0 Å². The van der Waals surface area contributed by atoms with Crippen LogP contribution in [-0.2, 0) is 4.79 Å². The molecule has 1 atom stereocenters. The van der Waals surface area contributed by atoms with E-state index in [1.807, 2.05) is 0 Å². The first-order valence-corrected chi connectivity index (χ1v) is 5.34. The maximum atomic E-state index is 13.9. The predicted molar refractivity (Wildman–Crippen MR) is 61.6 cm³/mol. The van der Waals surface area contributed by atoms with E-state index in [2.05, 4.69) is 0 Å². The summed E-state index contributed by atoms with van der Waals surface area (Å²) in [6, 6.07) is 6.67. The number of carboxylic acids is 1. The molecule has 0 saturated heterocycles. The number of alkyl halides is 1. The van der Waals surface area contributed by atoms with Crippen molar-refractivity contribution in [2.75, 3.05) is 0 Å². The molecule has 1 N–H and O–H groups in total. The smallest absolute Gasteiger partial charge is 0.304 e. The van der Waals surface area contributed by atoms with Gasteiger partial charge in [-0.05, 0) is 31.5 Å². The van der Waals surface area contributed by atoms with E-state index in [0.717, 1.165) is 0 Å². The molecule has 88 valence electrons. The number of halogens is 2. The molecule has 0 spiro atoms. The van der Waals surface area contributed by atoms with Gasteiger partial charge in [0.25, 0.3) is 0 Å². The van der Waals surface area contributed by atoms with E-state index in [1.165, 1.54) is 13.8 Å². The lowest BCUT2D eigenvalue weighted by Gasteiger charge is -2.26. The Kier molecular flexibility index (Phi) is 3.92. The summed E-state index contributed by atoms with van der Waals surface area (Å²) in [5.41, 5.74) is -0.981. The highest BCUT2D eigenvalue weighted by molar-refractivity contribution is 6.30. The minimum atomic E-state index is -1.59. The lowest BCUT2D eigenvalue weighted by atomic mass is 9.83. The largest absolute Gasteiger partial charge is 0.481 e. The summed E-state index contributed by atoms with van der Waals surface area (Å²) in [4.78, 5) is 10.7. The second-order valence-corrected chi connectivity index (χ2v) is 4.71. The molecule has 4 heteroatoms. The van der Waals surface area contributed by atoms with Gasteiger partial charge in [-0.25, -0.2) is 4.39 Å². The standard InChI is InChI=1S/C12H14ClFO2/c1-12(2,14)10(7-11(15)16)8-4-3-5-9(13)6-8/h3-6,10H,7H2,1-2H3,(H,15,16). The van der Waals surface area contributed by atoms with Gasteiger partial charge in [0, 0.05) is 10.9 Å². The van der Waals surface area contributed by atoms with Crippen molar-refractivity contribution in [2.24, 2.45) is 0 Å². The molecule has 16 heavy (non-hydrogen) atoms. The number of benzene rings is 1. The van der Waals surface area contributed by atoms with Crippen LogP contribution in [-0.4, -0.2) is 16.7 Å². The highest BCUT2D eigenvalue weighted by Crippen LogP contribution is 2.35. The van der Waals surface area contributed by atoms with E-state index in [9.17, 15) is 9.18 Å². The van der Waals surface area contributed by atoms with Crippen molar-refractivity contribution in [2.45, 2.75) is 31.9 Å². The molecule has 0 aliphatic heterocycles. The first-order chi connectivity index (χ1) is 7.30. The van der Waals surface area contributed by atoms with Gasteiger partial charge in [0.2, 0.25) is 0 Å². The SMILES string of the molecule is CC(C)(F)C(CC(=O)O)c1cccc(Cl)c1. The first-order valence-electron chi connectivity index (χ1n) is 4.97. The second kappa shape index (κ2) is 4.83. The van der Waals surface area contributed by atoms with Gasteiger partial charge in [-0.1, -0.05) is 23.7 Å². The van der Waals surface area contributed by atoms with Gasteiger partial charge in [0.1, 0.15) is 5.67 Å². The third-order valence-corrected chi connectivity index (χ3v) is 2.69. The average molecular weight is 245 g/mol. The Morgan fingerprint density at radius 2 is 2.19 bits per heavy atom. The fraction of sp³-hybridized carbons (Fsp3) is 0.417. The lowest BCUT2D eigenvalue weighted by molar-refractivity contribution is -0.138. The molecule has 0 aromatic heterocycles. The number of carbonyl (C=O) groups is 1. The van der Waals surface area contributed by atoms with Crippen LogP contribution in [0.1, 0.15) is 31.7 Å². The van der Waals surface area contributed by atoms with Crippen LogP contribution in [0, 0.1) is 0 Å². The molecule has 1 aromatic carbocycles. The van der Waals surface area contributed by atoms with Gasteiger partial charge in [0.05, 0.1) is 6.42 Å². The first kappa shape index (κ1) is 13.0. The number of carboxylic acid groups (broad SMARTS) is 1. The Hall–Kier alpha value is -1.09. The number of hydrogen-bond acceptors (Lipinski definition) is 1. The average Bonchev–Trinajstić information content (AvgIpc) is 2.12. The van der Waals surface area contributed by atoms with E-state index in [4.69, 9.17) is 16.7 Å². The van der Waals surface area contributed by atoms with Crippen molar-refractivity contribution in [3.05, 3.63) is 34.9 Å². The number of hydrogen-bond donors (Lipinski definition) is 1. The summed E-state index contributed by atoms with van der Waals surface area (Å²) in [5.74, 6) is -1.71. The summed E-state index contributed by atoms with van der Waals surface area (Å²) in [6.07, 6.45) is -0.246. The molecule has 2 nitrogen and oxygen atoms in total. The molecule has 0 saturated carbocycles. The molecule has 0 amide bonds. The maximum absolute atomic E-state index is 13.9. The van der Waals surface area contributed by atoms with Gasteiger partial charge in [0.15, 0.2) is 0 Å². The Labute approximate surface area is 99.0 Å². The molecule has 0 bridgehead atoms. The summed E-state index contributed by atoms with van der Waals surface area (Å²) in [6.45, 7) is 2.75. The van der Waals surface area contributed by atoms with Crippen molar-refractivity contribution in [3.63, 3.8) is 0 Å². The summed E-state index contributed by atoms with van der Waals surface area (Å²) < 4.78 is 13.9. The van der Waals surface area contributed by atoms with E-state index in [-0.39, 0.29) is 6.42 Å². The monoisotopic (exact) mass is 244 g/mol. The highest BCUT2D eigenvalue weighted by Gasteiger charge is 2.32. The highest BCUT2D eigenvalue weighted by atomic mass is 35.5. The summed E-state index contributed by atoms with van der Waals surface area (Å²) in [5, 5.41) is 9.26. The van der Waals surface area contributed by atoms with Crippen molar-refractivity contribution >= 4 is 17.6 Å². The van der Waals surface area contributed by atoms with Gasteiger partial charge in [-0.2, -0.15) is 0 Å². The molecule has 1 unspecified atom stereocenters. The van der Waals surface area contributed by atoms with Gasteiger partial charge in [-0.3, -0.25) is 4.79 Å². The van der Waals surface area contributed by atoms with Crippen molar-refractivity contribution in [1.82, 2.24) is 0 Å². The minimum Gasteiger partial charge on any atom is -0.481 e. The van der Waals surface area contributed by atoms with Crippen molar-refractivity contribution < 1.29 is 14.3 Å². The molecular formula is C12H14ClFO2. The summed E-state index contributed by atoms with van der Waals surface area (Å²) >= 11 is 5.81. The lowest BCUT2D eigenvalue weighted by Crippen LogP contribution is -2.26. The third kappa shape index (κ3) is 3.49. The molecular weight excluding hydrogens is 231 g/mol. The van der Waals surface area contributed by atoms with Gasteiger partial charge in [-0.15, -0.1) is 0 Å². The molecule has 0 aliphatic rings. The van der Waals surface area contributed by atoms with Crippen LogP contribution in [0.3, 0.4) is 0 Å². The topological polar surface area (TPSA) is 37.3 Å². The molecule has 0 radical (unpaired) electrons. The van der Waals surface area contributed by atoms with Crippen LogP contribution in [0.2, 0.25) is 5.02 Å². The van der Waals surface area contributed by atoms with E-state index in [1.54, 1.807) is 24.3 Å². The van der Waals surface area contributed by atoms with Crippen LogP contribution in [0.4, 0.5) is 4.39 Å². The minimum absolute atomic E-state index is 0.246. The zero-order chi connectivity index (χ0) is 12.3. The Morgan fingerprint density at radius 3 is 2.62 bits per heavy atom. The van der Waals surface area contributed by atoms with Crippen LogP contribution < -0.4 is 0 Å². The Morgan fingerprint density at radius 1 is 1.56 bits per heavy atom. The zero-order valence-electron chi connectivity index (χ0n) is 9.21. The van der Waals surface area contributed by atoms with Crippen molar-refractivity contribution in [1.29, 1.82) is 0 Å². The number of rotatable bonds is 4. The maximum Gasteiger partial charge on any atom is 0.304 e. The fourth-order valence-electron chi connectivity index (χ4n) is 1.65. The predicted octanol–water partition coefficient (Wildman–Crippen LogP) is 3.65. The van der Waals surface area contributed by atoms with Crippen LogP contribution >= 0.6 is 11.6 Å². The summed E-state index contributed by atoms with van der Waals surface area (Å²) in [7, 11) is 0. The molecule has 0 heterocycles. The van der Waals surface area contributed by atoms with E-state index >= 15 is 0 Å². The third-order valence-electron chi connectivity index (χ3n) is 2.46. The quantitative estimate of drug-likeness (QED) is 0.878. The van der Waals surface area contributed by atoms with Crippen LogP contribution in [0.15, 0.2) is 24.3 Å². The van der Waals surface area contributed by atoms with Gasteiger partial charge >= 0.3 is 5.97 Å². The Balaban J connectivity index is 3.06. The van der Waals surface area contributed by atoms with Gasteiger partial charge < -0.3 is 5.11 Å². The second-order valence-electron chi connectivity index (χ2n) is 4.27. The van der Waals surface area contributed by atoms with Crippen LogP contribution in [0.5, 0.6) is 0 Å². The molecule has 1 aromatic rings. The number of aliphatic carboxylic acids is 1. The van der Waals surface area contributed by atoms with E-state index in [0.29, 0.717) is 10.6 Å². The normalized spacial score (nSPS) is 13.5. The molecule has 0 aliphatic carbocycles.